The van der Waals surface area contributed by atoms with E-state index in [2.05, 4.69) is 20.6 Å². The third kappa shape index (κ3) is 3.03. The van der Waals surface area contributed by atoms with E-state index in [0.717, 1.165) is 27.9 Å². The molecule has 24 heavy (non-hydrogen) atoms. The summed E-state index contributed by atoms with van der Waals surface area (Å²) in [5.74, 6) is -0.198. The Kier molecular flexibility index (Phi) is 4.61. The van der Waals surface area contributed by atoms with Crippen molar-refractivity contribution in [3.8, 4) is 0 Å². The minimum atomic E-state index is -0.198. The van der Waals surface area contributed by atoms with Gasteiger partial charge >= 0.3 is 0 Å². The number of carbonyl (C=O) groups is 1. The van der Waals surface area contributed by atoms with Gasteiger partial charge in [-0.3, -0.25) is 14.6 Å². The zero-order valence-electron chi connectivity index (χ0n) is 14.1. The third-order valence-corrected chi connectivity index (χ3v) is 4.15. The molecule has 0 atom stereocenters. The molecule has 0 radical (unpaired) electrons. The zero-order chi connectivity index (χ0) is 17.1. The monoisotopic (exact) mass is 327 g/mol. The van der Waals surface area contributed by atoms with E-state index >= 15 is 0 Å². The highest BCUT2D eigenvalue weighted by Gasteiger charge is 2.16. The molecule has 0 fully saturated rings. The number of nitrogens with one attached hydrogen (secondary N) is 2. The largest absolute Gasteiger partial charge is 0.383 e. The second-order valence-corrected chi connectivity index (χ2v) is 5.67. The first-order valence-corrected chi connectivity index (χ1v) is 7.85. The van der Waals surface area contributed by atoms with Crippen LogP contribution in [0.25, 0.3) is 10.9 Å². The van der Waals surface area contributed by atoms with E-state index < -0.39 is 0 Å². The van der Waals surface area contributed by atoms with Crippen LogP contribution in [0, 0.1) is 13.8 Å². The zero-order valence-corrected chi connectivity index (χ0v) is 14.1. The predicted octanol–water partition coefficient (Wildman–Crippen LogP) is 1.95. The van der Waals surface area contributed by atoms with Crippen molar-refractivity contribution in [1.82, 2.24) is 25.3 Å². The number of amides is 1. The lowest BCUT2D eigenvalue weighted by Gasteiger charge is -2.06. The molecule has 7 nitrogen and oxygen atoms in total. The molecule has 2 heterocycles. The molecule has 2 N–H and O–H groups in total. The van der Waals surface area contributed by atoms with Crippen LogP contribution in [0.3, 0.4) is 0 Å². The fourth-order valence-corrected chi connectivity index (χ4v) is 2.77. The Bertz CT molecular complexity index is 865. The minimum Gasteiger partial charge on any atom is -0.383 e. The molecule has 1 amide bonds. The number of rotatable bonds is 6. The minimum absolute atomic E-state index is 0.198. The van der Waals surface area contributed by atoms with Gasteiger partial charge < -0.3 is 10.1 Å². The number of fused-ring (bicyclic) bond motifs is 1. The maximum atomic E-state index is 12.5. The number of methoxy groups -OCH3 is 1. The summed E-state index contributed by atoms with van der Waals surface area (Å²) >= 11 is 0. The highest BCUT2D eigenvalue weighted by molar-refractivity contribution is 6.04. The van der Waals surface area contributed by atoms with Crippen LogP contribution in [0.2, 0.25) is 0 Å². The van der Waals surface area contributed by atoms with Crippen molar-refractivity contribution in [1.29, 1.82) is 0 Å². The fourth-order valence-electron chi connectivity index (χ4n) is 2.77. The normalized spacial score (nSPS) is 11.1. The van der Waals surface area contributed by atoms with Crippen LogP contribution in [-0.2, 0) is 17.8 Å². The Hall–Kier alpha value is -2.67. The summed E-state index contributed by atoms with van der Waals surface area (Å²) in [5, 5.41) is 15.3. The molecule has 1 aromatic carbocycles. The molecule has 0 bridgehead atoms. The SMILES string of the molecule is COCCn1nc(C)c(CNC(=O)c2n[nH]c3ccccc23)c1C. The highest BCUT2D eigenvalue weighted by Crippen LogP contribution is 2.16. The number of benzene rings is 1. The molecule has 0 unspecified atom stereocenters. The summed E-state index contributed by atoms with van der Waals surface area (Å²) in [6.45, 7) is 5.67. The van der Waals surface area contributed by atoms with Gasteiger partial charge in [-0.2, -0.15) is 10.2 Å². The van der Waals surface area contributed by atoms with E-state index in [1.165, 1.54) is 0 Å². The number of nitrogens with zero attached hydrogens (tertiary/aromatic N) is 3. The number of ether oxygens (including phenoxy) is 1. The third-order valence-electron chi connectivity index (χ3n) is 4.15. The van der Waals surface area contributed by atoms with Crippen molar-refractivity contribution in [2.45, 2.75) is 26.9 Å². The number of H-pyrrole nitrogens is 1. The summed E-state index contributed by atoms with van der Waals surface area (Å²) in [6, 6.07) is 7.58. The molecule has 0 aliphatic heterocycles. The lowest BCUT2D eigenvalue weighted by molar-refractivity contribution is 0.0947. The molecule has 126 valence electrons. The van der Waals surface area contributed by atoms with Gasteiger partial charge in [-0.1, -0.05) is 18.2 Å². The van der Waals surface area contributed by atoms with Crippen molar-refractivity contribution >= 4 is 16.8 Å². The van der Waals surface area contributed by atoms with Gasteiger partial charge in [-0.25, -0.2) is 0 Å². The maximum absolute atomic E-state index is 12.5. The lowest BCUT2D eigenvalue weighted by atomic mass is 10.2. The first-order chi connectivity index (χ1) is 11.6. The summed E-state index contributed by atoms with van der Waals surface area (Å²) < 4.78 is 7.00. The van der Waals surface area contributed by atoms with E-state index in [0.29, 0.717) is 25.4 Å². The molecule has 0 saturated heterocycles. The Morgan fingerprint density at radius 3 is 2.92 bits per heavy atom. The summed E-state index contributed by atoms with van der Waals surface area (Å²) in [6.07, 6.45) is 0. The van der Waals surface area contributed by atoms with Gasteiger partial charge in [-0.05, 0) is 19.9 Å². The predicted molar refractivity (Wildman–Crippen MR) is 90.8 cm³/mol. The van der Waals surface area contributed by atoms with Gasteiger partial charge in [0.1, 0.15) is 0 Å². The number of aryl methyl sites for hydroxylation is 1. The first kappa shape index (κ1) is 16.2. The number of hydrogen-bond donors (Lipinski definition) is 2. The van der Waals surface area contributed by atoms with Gasteiger partial charge in [0.25, 0.3) is 5.91 Å². The van der Waals surface area contributed by atoms with Crippen LogP contribution in [-0.4, -0.2) is 39.6 Å². The lowest BCUT2D eigenvalue weighted by Crippen LogP contribution is -2.24. The van der Waals surface area contributed by atoms with Crippen molar-refractivity contribution in [2.75, 3.05) is 13.7 Å². The van der Waals surface area contributed by atoms with Crippen molar-refractivity contribution in [3.05, 3.63) is 46.9 Å². The number of aromatic nitrogens is 4. The molecule has 0 spiro atoms. The Morgan fingerprint density at radius 1 is 1.33 bits per heavy atom. The highest BCUT2D eigenvalue weighted by atomic mass is 16.5. The molecule has 0 aliphatic rings. The van der Waals surface area contributed by atoms with Gasteiger partial charge in [0.15, 0.2) is 5.69 Å². The second-order valence-electron chi connectivity index (χ2n) is 5.67. The van der Waals surface area contributed by atoms with Crippen molar-refractivity contribution in [3.63, 3.8) is 0 Å². The number of hydrogen-bond acceptors (Lipinski definition) is 4. The number of aromatic amines is 1. The van der Waals surface area contributed by atoms with E-state index in [-0.39, 0.29) is 5.91 Å². The quantitative estimate of drug-likeness (QED) is 0.725. The van der Waals surface area contributed by atoms with Crippen LogP contribution in [0.1, 0.15) is 27.4 Å². The van der Waals surface area contributed by atoms with Gasteiger partial charge in [0.2, 0.25) is 0 Å². The average molecular weight is 327 g/mol. The topological polar surface area (TPSA) is 84.8 Å². The summed E-state index contributed by atoms with van der Waals surface area (Å²) in [7, 11) is 1.67. The van der Waals surface area contributed by atoms with Crippen molar-refractivity contribution < 1.29 is 9.53 Å². The molecular weight excluding hydrogens is 306 g/mol. The van der Waals surface area contributed by atoms with E-state index in [1.54, 1.807) is 7.11 Å². The molecule has 3 rings (SSSR count). The van der Waals surface area contributed by atoms with Gasteiger partial charge in [-0.15, -0.1) is 0 Å². The number of carbonyl (C=O) groups excluding carboxylic acids is 1. The first-order valence-electron chi connectivity index (χ1n) is 7.85. The molecule has 0 aliphatic carbocycles. The van der Waals surface area contributed by atoms with E-state index in [1.807, 2.05) is 42.8 Å². The van der Waals surface area contributed by atoms with Crippen LogP contribution in [0.4, 0.5) is 0 Å². The molecule has 7 heteroatoms. The Labute approximate surface area is 140 Å². The maximum Gasteiger partial charge on any atom is 0.272 e. The van der Waals surface area contributed by atoms with E-state index in [9.17, 15) is 4.79 Å². The average Bonchev–Trinajstić information content (AvgIpc) is 3.13. The fraction of sp³-hybridized carbons (Fsp3) is 0.353. The van der Waals surface area contributed by atoms with Crippen LogP contribution in [0.15, 0.2) is 24.3 Å². The molecule has 2 aromatic heterocycles. The summed E-state index contributed by atoms with van der Waals surface area (Å²) in [4.78, 5) is 12.5. The molecule has 0 saturated carbocycles. The van der Waals surface area contributed by atoms with Crippen LogP contribution < -0.4 is 5.32 Å². The van der Waals surface area contributed by atoms with Crippen LogP contribution in [0.5, 0.6) is 0 Å². The summed E-state index contributed by atoms with van der Waals surface area (Å²) in [5.41, 5.74) is 4.24. The van der Waals surface area contributed by atoms with Gasteiger partial charge in [0.05, 0.1) is 24.4 Å². The smallest absolute Gasteiger partial charge is 0.272 e. The standard InChI is InChI=1S/C17H21N5O2/c1-11-14(12(2)22(21-11)8-9-24-3)10-18-17(23)16-13-6-4-5-7-15(13)19-20-16/h4-7H,8-10H2,1-3H3,(H,18,23)(H,19,20). The van der Waals surface area contributed by atoms with Crippen molar-refractivity contribution in [2.24, 2.45) is 0 Å². The van der Waals surface area contributed by atoms with Gasteiger partial charge in [0, 0.05) is 30.3 Å². The second kappa shape index (κ2) is 6.84. The van der Waals surface area contributed by atoms with E-state index in [4.69, 9.17) is 4.74 Å². The molecule has 3 aromatic rings. The number of para-hydroxylation sites is 1. The van der Waals surface area contributed by atoms with Crippen LogP contribution >= 0.6 is 0 Å². The molecular formula is C17H21N5O2. The Morgan fingerprint density at radius 2 is 2.12 bits per heavy atom. The Balaban J connectivity index is 1.74.